The van der Waals surface area contributed by atoms with Crippen LogP contribution in [0, 0.1) is 0 Å². The minimum Gasteiger partial charge on any atom is -0.497 e. The van der Waals surface area contributed by atoms with Gasteiger partial charge in [0.15, 0.2) is 0 Å². The van der Waals surface area contributed by atoms with Crippen LogP contribution in [0.3, 0.4) is 0 Å². The van der Waals surface area contributed by atoms with Crippen molar-refractivity contribution in [3.8, 4) is 17.2 Å². The lowest BCUT2D eigenvalue weighted by atomic mass is 9.94. The minimum absolute atomic E-state index is 0.272. The average Bonchev–Trinajstić information content (AvgIpc) is 3.26. The second kappa shape index (κ2) is 8.39. The van der Waals surface area contributed by atoms with Gasteiger partial charge in [-0.15, -0.1) is 0 Å². The van der Waals surface area contributed by atoms with E-state index in [0.29, 0.717) is 40.2 Å². The lowest BCUT2D eigenvalue weighted by Crippen LogP contribution is -2.31. The molecule has 2 heterocycles. The van der Waals surface area contributed by atoms with Crippen LogP contribution < -0.4 is 24.8 Å². The first-order chi connectivity index (χ1) is 15.0. The number of benzene rings is 2. The number of carbonyl (C=O) groups is 1. The van der Waals surface area contributed by atoms with Crippen LogP contribution in [-0.2, 0) is 4.79 Å². The summed E-state index contributed by atoms with van der Waals surface area (Å²) < 4.78 is 17.8. The number of rotatable bonds is 6. The number of ether oxygens (including phenoxy) is 3. The van der Waals surface area contributed by atoms with Crippen molar-refractivity contribution in [2.45, 2.75) is 13.0 Å². The third-order valence-electron chi connectivity index (χ3n) is 5.12. The van der Waals surface area contributed by atoms with Crippen LogP contribution in [0.2, 0.25) is 0 Å². The number of aromatic nitrogens is 3. The molecule has 1 amide bonds. The first-order valence-corrected chi connectivity index (χ1v) is 9.60. The van der Waals surface area contributed by atoms with Crippen LogP contribution >= 0.6 is 0 Å². The Hall–Kier alpha value is -4.01. The summed E-state index contributed by atoms with van der Waals surface area (Å²) >= 11 is 0. The number of hydrogen-bond donors (Lipinski definition) is 2. The summed E-state index contributed by atoms with van der Waals surface area (Å²) in [6.45, 7) is 1.83. The molecule has 2 aromatic carbocycles. The van der Waals surface area contributed by atoms with Crippen molar-refractivity contribution < 1.29 is 19.0 Å². The zero-order chi connectivity index (χ0) is 22.0. The molecule has 3 aromatic rings. The van der Waals surface area contributed by atoms with Crippen LogP contribution in [0.15, 0.2) is 60.1 Å². The maximum absolute atomic E-state index is 13.4. The Kier molecular flexibility index (Phi) is 5.48. The molecule has 160 valence electrons. The van der Waals surface area contributed by atoms with Crippen molar-refractivity contribution in [3.05, 3.63) is 65.6 Å². The van der Waals surface area contributed by atoms with E-state index in [4.69, 9.17) is 14.2 Å². The van der Waals surface area contributed by atoms with Gasteiger partial charge >= 0.3 is 0 Å². The molecule has 0 aliphatic carbocycles. The van der Waals surface area contributed by atoms with Crippen LogP contribution in [-0.4, -0.2) is 42.0 Å². The van der Waals surface area contributed by atoms with Crippen LogP contribution in [0.4, 0.5) is 11.6 Å². The van der Waals surface area contributed by atoms with E-state index in [0.717, 1.165) is 5.56 Å². The number of hydrogen-bond acceptors (Lipinski definition) is 7. The lowest BCUT2D eigenvalue weighted by Gasteiger charge is -2.29. The lowest BCUT2D eigenvalue weighted by molar-refractivity contribution is -0.113. The molecular weight excluding hydrogens is 398 g/mol. The van der Waals surface area contributed by atoms with E-state index in [1.165, 1.54) is 6.33 Å². The van der Waals surface area contributed by atoms with Crippen LogP contribution in [0.25, 0.3) is 0 Å². The molecule has 1 aliphatic heterocycles. The maximum Gasteiger partial charge on any atom is 0.255 e. The normalized spacial score (nSPS) is 15.0. The Morgan fingerprint density at radius 3 is 2.42 bits per heavy atom. The summed E-state index contributed by atoms with van der Waals surface area (Å²) in [5.41, 5.74) is 2.53. The molecule has 31 heavy (non-hydrogen) atoms. The molecule has 4 rings (SSSR count). The Balaban J connectivity index is 1.78. The SMILES string of the molecule is COc1ccc(NC(=O)C2=C(C)Nc3ncnn3[C@@H]2c2cc(OC)ccc2OC)cc1. The van der Waals surface area contributed by atoms with Crippen molar-refractivity contribution in [2.24, 2.45) is 0 Å². The molecule has 1 atom stereocenters. The molecule has 0 fully saturated rings. The van der Waals surface area contributed by atoms with Gasteiger partial charge in [-0.3, -0.25) is 4.79 Å². The zero-order valence-electron chi connectivity index (χ0n) is 17.7. The number of amides is 1. The fourth-order valence-electron chi connectivity index (χ4n) is 3.60. The number of methoxy groups -OCH3 is 3. The van der Waals surface area contributed by atoms with E-state index in [9.17, 15) is 4.79 Å². The average molecular weight is 421 g/mol. The maximum atomic E-state index is 13.4. The highest BCUT2D eigenvalue weighted by atomic mass is 16.5. The topological polar surface area (TPSA) is 99.5 Å². The Labute approximate surface area is 179 Å². The van der Waals surface area contributed by atoms with Gasteiger partial charge in [-0.05, 0) is 49.4 Å². The Morgan fingerprint density at radius 2 is 1.74 bits per heavy atom. The van der Waals surface area contributed by atoms with E-state index in [2.05, 4.69) is 20.7 Å². The summed E-state index contributed by atoms with van der Waals surface area (Å²) in [7, 11) is 4.77. The third kappa shape index (κ3) is 3.77. The van der Waals surface area contributed by atoms with Crippen molar-refractivity contribution in [1.29, 1.82) is 0 Å². The summed E-state index contributed by atoms with van der Waals surface area (Å²) in [4.78, 5) is 17.7. The quantitative estimate of drug-likeness (QED) is 0.630. The van der Waals surface area contributed by atoms with E-state index in [1.807, 2.05) is 13.0 Å². The third-order valence-corrected chi connectivity index (χ3v) is 5.12. The van der Waals surface area contributed by atoms with Gasteiger partial charge in [0.2, 0.25) is 5.95 Å². The van der Waals surface area contributed by atoms with Gasteiger partial charge < -0.3 is 24.8 Å². The van der Waals surface area contributed by atoms with E-state index in [-0.39, 0.29) is 5.91 Å². The number of fused-ring (bicyclic) bond motifs is 1. The summed E-state index contributed by atoms with van der Waals surface area (Å²) in [6, 6.07) is 12.0. The van der Waals surface area contributed by atoms with Crippen molar-refractivity contribution in [2.75, 3.05) is 32.0 Å². The smallest absolute Gasteiger partial charge is 0.255 e. The molecule has 0 radical (unpaired) electrons. The van der Waals surface area contributed by atoms with Gasteiger partial charge in [-0.2, -0.15) is 10.1 Å². The van der Waals surface area contributed by atoms with Gasteiger partial charge in [-0.1, -0.05) is 0 Å². The first kappa shape index (κ1) is 20.3. The van der Waals surface area contributed by atoms with E-state index < -0.39 is 6.04 Å². The van der Waals surface area contributed by atoms with Gasteiger partial charge in [0.05, 0.1) is 26.9 Å². The monoisotopic (exact) mass is 421 g/mol. The molecule has 0 saturated heterocycles. The highest BCUT2D eigenvalue weighted by molar-refractivity contribution is 6.06. The van der Waals surface area contributed by atoms with Crippen molar-refractivity contribution in [1.82, 2.24) is 14.8 Å². The Bertz CT molecular complexity index is 1140. The number of anilines is 2. The highest BCUT2D eigenvalue weighted by Crippen LogP contribution is 2.40. The van der Waals surface area contributed by atoms with E-state index >= 15 is 0 Å². The second-order valence-electron chi connectivity index (χ2n) is 6.88. The summed E-state index contributed by atoms with van der Waals surface area (Å²) in [5.74, 6) is 2.22. The molecule has 0 bridgehead atoms. The molecule has 0 saturated carbocycles. The number of allylic oxidation sites excluding steroid dienone is 1. The molecule has 0 unspecified atom stereocenters. The first-order valence-electron chi connectivity index (χ1n) is 9.60. The van der Waals surface area contributed by atoms with Gasteiger partial charge in [0, 0.05) is 16.9 Å². The van der Waals surface area contributed by atoms with Gasteiger partial charge in [0.25, 0.3) is 5.91 Å². The Morgan fingerprint density at radius 1 is 1.03 bits per heavy atom. The number of nitrogens with one attached hydrogen (secondary N) is 2. The van der Waals surface area contributed by atoms with Crippen LogP contribution in [0.1, 0.15) is 18.5 Å². The molecule has 9 nitrogen and oxygen atoms in total. The van der Waals surface area contributed by atoms with Crippen LogP contribution in [0.5, 0.6) is 17.2 Å². The molecular formula is C22H23N5O4. The number of nitrogens with zero attached hydrogens (tertiary/aromatic N) is 3. The van der Waals surface area contributed by atoms with Crippen molar-refractivity contribution in [3.63, 3.8) is 0 Å². The molecule has 1 aliphatic rings. The predicted molar refractivity (Wildman–Crippen MR) is 116 cm³/mol. The second-order valence-corrected chi connectivity index (χ2v) is 6.88. The summed E-state index contributed by atoms with van der Waals surface area (Å²) in [6.07, 6.45) is 1.44. The van der Waals surface area contributed by atoms with E-state index in [1.54, 1.807) is 62.4 Å². The molecule has 1 aromatic heterocycles. The van der Waals surface area contributed by atoms with Gasteiger partial charge in [0.1, 0.15) is 29.6 Å². The minimum atomic E-state index is -0.568. The molecule has 2 N–H and O–H groups in total. The van der Waals surface area contributed by atoms with Crippen molar-refractivity contribution >= 4 is 17.5 Å². The zero-order valence-corrected chi connectivity index (χ0v) is 17.7. The fraction of sp³-hybridized carbons (Fsp3) is 0.227. The fourth-order valence-corrected chi connectivity index (χ4v) is 3.60. The molecule has 9 heteroatoms. The molecule has 0 spiro atoms. The summed E-state index contributed by atoms with van der Waals surface area (Å²) in [5, 5.41) is 10.5. The standard InChI is InChI=1S/C22H23N5O4/c1-13-19(21(28)26-14-5-7-15(29-2)8-6-14)20(27-22(25-13)23-12-24-27)17-11-16(30-3)9-10-18(17)31-4/h5-12,20H,1-4H3,(H,26,28)(H,23,24,25)/t20-/m1/s1. The number of carbonyl (C=O) groups excluding carboxylic acids is 1. The highest BCUT2D eigenvalue weighted by Gasteiger charge is 2.35. The van der Waals surface area contributed by atoms with Gasteiger partial charge in [-0.25, -0.2) is 4.68 Å². The predicted octanol–water partition coefficient (Wildman–Crippen LogP) is 3.23. The largest absolute Gasteiger partial charge is 0.497 e.